The quantitative estimate of drug-likeness (QED) is 0.876. The standard InChI is InChI=1S/C18H24N4O4/c1-2-21(14-3-7-19-8-4-14)17(24)13-11-16(23)22(12-13)15-5-9-20(10-6-15)18(25)26/h3-4,7-8,13,15H,2,5-6,9-12H2,1H3,(H,25,26). The minimum atomic E-state index is -0.916. The van der Waals surface area contributed by atoms with Gasteiger partial charge in [-0.15, -0.1) is 0 Å². The zero-order valence-electron chi connectivity index (χ0n) is 14.9. The minimum Gasteiger partial charge on any atom is -0.465 e. The van der Waals surface area contributed by atoms with Crippen LogP contribution in [0.4, 0.5) is 10.5 Å². The molecule has 26 heavy (non-hydrogen) atoms. The molecule has 0 aromatic carbocycles. The van der Waals surface area contributed by atoms with Gasteiger partial charge < -0.3 is 19.8 Å². The fourth-order valence-corrected chi connectivity index (χ4v) is 3.83. The van der Waals surface area contributed by atoms with Gasteiger partial charge in [-0.3, -0.25) is 14.6 Å². The van der Waals surface area contributed by atoms with Gasteiger partial charge in [0.1, 0.15) is 0 Å². The van der Waals surface area contributed by atoms with Gasteiger partial charge in [0.25, 0.3) is 0 Å². The number of carbonyl (C=O) groups excluding carboxylic acids is 2. The van der Waals surface area contributed by atoms with E-state index in [0.29, 0.717) is 39.0 Å². The van der Waals surface area contributed by atoms with Crippen molar-refractivity contribution in [2.75, 3.05) is 31.1 Å². The molecule has 3 rings (SSSR count). The molecule has 1 N–H and O–H groups in total. The van der Waals surface area contributed by atoms with Crippen LogP contribution in [0.1, 0.15) is 26.2 Å². The van der Waals surface area contributed by atoms with Crippen molar-refractivity contribution in [1.82, 2.24) is 14.8 Å². The van der Waals surface area contributed by atoms with E-state index in [4.69, 9.17) is 5.11 Å². The number of pyridine rings is 1. The first-order chi connectivity index (χ1) is 12.5. The predicted octanol–water partition coefficient (Wildman–Crippen LogP) is 1.43. The molecule has 2 aliphatic rings. The number of nitrogens with zero attached hydrogens (tertiary/aromatic N) is 4. The molecule has 3 amide bonds. The van der Waals surface area contributed by atoms with E-state index >= 15 is 0 Å². The highest BCUT2D eigenvalue weighted by Gasteiger charge is 2.40. The second-order valence-corrected chi connectivity index (χ2v) is 6.74. The Morgan fingerprint density at radius 1 is 1.27 bits per heavy atom. The monoisotopic (exact) mass is 360 g/mol. The normalized spacial score (nSPS) is 21.1. The summed E-state index contributed by atoms with van der Waals surface area (Å²) in [6.45, 7) is 3.72. The third-order valence-corrected chi connectivity index (χ3v) is 5.24. The highest BCUT2D eigenvalue weighted by molar-refractivity contribution is 5.99. The summed E-state index contributed by atoms with van der Waals surface area (Å²) in [6.07, 6.45) is 3.85. The Kier molecular flexibility index (Phi) is 5.39. The zero-order valence-corrected chi connectivity index (χ0v) is 14.9. The van der Waals surface area contributed by atoms with Crippen LogP contribution in [0.3, 0.4) is 0 Å². The van der Waals surface area contributed by atoms with E-state index in [1.807, 2.05) is 6.92 Å². The lowest BCUT2D eigenvalue weighted by Crippen LogP contribution is -2.47. The average molecular weight is 360 g/mol. The fraction of sp³-hybridized carbons (Fsp3) is 0.556. The molecule has 2 fully saturated rings. The van der Waals surface area contributed by atoms with Gasteiger partial charge in [0, 0.05) is 56.7 Å². The molecule has 8 nitrogen and oxygen atoms in total. The lowest BCUT2D eigenvalue weighted by molar-refractivity contribution is -0.130. The summed E-state index contributed by atoms with van der Waals surface area (Å²) in [6, 6.07) is 3.60. The SMILES string of the molecule is CCN(C(=O)C1CC(=O)N(C2CCN(C(=O)O)CC2)C1)c1ccncc1. The van der Waals surface area contributed by atoms with E-state index in [9.17, 15) is 14.4 Å². The lowest BCUT2D eigenvalue weighted by atomic mass is 10.0. The third kappa shape index (κ3) is 3.63. The molecular weight excluding hydrogens is 336 g/mol. The highest BCUT2D eigenvalue weighted by Crippen LogP contribution is 2.28. The summed E-state index contributed by atoms with van der Waals surface area (Å²) < 4.78 is 0. The molecule has 1 aromatic rings. The van der Waals surface area contributed by atoms with Gasteiger partial charge >= 0.3 is 6.09 Å². The van der Waals surface area contributed by atoms with Gasteiger partial charge in [-0.2, -0.15) is 0 Å². The number of anilines is 1. The largest absolute Gasteiger partial charge is 0.465 e. The van der Waals surface area contributed by atoms with Gasteiger partial charge in [-0.05, 0) is 31.9 Å². The number of hydrogen-bond acceptors (Lipinski definition) is 4. The number of piperidine rings is 1. The van der Waals surface area contributed by atoms with E-state index in [2.05, 4.69) is 4.98 Å². The van der Waals surface area contributed by atoms with E-state index in [-0.39, 0.29) is 30.2 Å². The van der Waals surface area contributed by atoms with Crippen LogP contribution < -0.4 is 4.90 Å². The maximum absolute atomic E-state index is 12.9. The number of hydrogen-bond donors (Lipinski definition) is 1. The summed E-state index contributed by atoms with van der Waals surface area (Å²) in [5.74, 6) is -0.409. The van der Waals surface area contributed by atoms with Crippen molar-refractivity contribution in [2.24, 2.45) is 5.92 Å². The van der Waals surface area contributed by atoms with E-state index in [1.54, 1.807) is 34.3 Å². The summed E-state index contributed by atoms with van der Waals surface area (Å²) in [7, 11) is 0. The molecule has 3 heterocycles. The maximum Gasteiger partial charge on any atom is 0.407 e. The molecule has 0 saturated carbocycles. The number of rotatable bonds is 4. The molecule has 140 valence electrons. The summed E-state index contributed by atoms with van der Waals surface area (Å²) >= 11 is 0. The molecule has 2 saturated heterocycles. The van der Waals surface area contributed by atoms with Crippen molar-refractivity contribution in [1.29, 1.82) is 0 Å². The highest BCUT2D eigenvalue weighted by atomic mass is 16.4. The van der Waals surface area contributed by atoms with Crippen LogP contribution in [0.5, 0.6) is 0 Å². The molecule has 2 aliphatic heterocycles. The predicted molar refractivity (Wildman–Crippen MR) is 94.7 cm³/mol. The van der Waals surface area contributed by atoms with E-state index < -0.39 is 6.09 Å². The van der Waals surface area contributed by atoms with Crippen molar-refractivity contribution < 1.29 is 19.5 Å². The summed E-state index contributed by atoms with van der Waals surface area (Å²) in [4.78, 5) is 45.2. The van der Waals surface area contributed by atoms with E-state index in [0.717, 1.165) is 5.69 Å². The molecule has 8 heteroatoms. The van der Waals surface area contributed by atoms with Gasteiger partial charge in [0.15, 0.2) is 0 Å². The number of carboxylic acid groups (broad SMARTS) is 1. The van der Waals surface area contributed by atoms with Crippen molar-refractivity contribution in [3.63, 3.8) is 0 Å². The Hall–Kier alpha value is -2.64. The number of aromatic nitrogens is 1. The Bertz CT molecular complexity index is 673. The number of likely N-dealkylation sites (tertiary alicyclic amines) is 2. The van der Waals surface area contributed by atoms with Gasteiger partial charge in [-0.1, -0.05) is 0 Å². The average Bonchev–Trinajstić information content (AvgIpc) is 3.05. The van der Waals surface area contributed by atoms with Crippen molar-refractivity contribution in [2.45, 2.75) is 32.2 Å². The number of amides is 3. The number of carbonyl (C=O) groups is 3. The van der Waals surface area contributed by atoms with Gasteiger partial charge in [0.05, 0.1) is 5.92 Å². The third-order valence-electron chi connectivity index (χ3n) is 5.24. The van der Waals surface area contributed by atoms with Crippen LogP contribution in [0.15, 0.2) is 24.5 Å². The van der Waals surface area contributed by atoms with E-state index in [1.165, 1.54) is 4.90 Å². The van der Waals surface area contributed by atoms with Crippen LogP contribution in [0.25, 0.3) is 0 Å². The van der Waals surface area contributed by atoms with Gasteiger partial charge in [-0.25, -0.2) is 4.79 Å². The summed E-state index contributed by atoms with van der Waals surface area (Å²) in [5.41, 5.74) is 0.785. The van der Waals surface area contributed by atoms with Crippen LogP contribution in [-0.2, 0) is 9.59 Å². The molecule has 0 spiro atoms. The first-order valence-corrected chi connectivity index (χ1v) is 9.00. The Morgan fingerprint density at radius 2 is 1.92 bits per heavy atom. The van der Waals surface area contributed by atoms with Crippen LogP contribution in [0.2, 0.25) is 0 Å². The zero-order chi connectivity index (χ0) is 18.7. The lowest BCUT2D eigenvalue weighted by Gasteiger charge is -2.35. The molecule has 1 aromatic heterocycles. The Balaban J connectivity index is 1.64. The Labute approximate surface area is 152 Å². The van der Waals surface area contributed by atoms with Crippen molar-refractivity contribution >= 4 is 23.6 Å². The topological polar surface area (TPSA) is 94.1 Å². The maximum atomic E-state index is 12.9. The smallest absolute Gasteiger partial charge is 0.407 e. The molecule has 1 atom stereocenters. The molecule has 0 aliphatic carbocycles. The Morgan fingerprint density at radius 3 is 2.50 bits per heavy atom. The molecular formula is C18H24N4O4. The molecule has 0 bridgehead atoms. The van der Waals surface area contributed by atoms with Crippen molar-refractivity contribution in [3.8, 4) is 0 Å². The van der Waals surface area contributed by atoms with Crippen LogP contribution in [0, 0.1) is 5.92 Å². The van der Waals surface area contributed by atoms with Gasteiger partial charge in [0.2, 0.25) is 11.8 Å². The first-order valence-electron chi connectivity index (χ1n) is 9.00. The minimum absolute atomic E-state index is 0.0112. The first kappa shape index (κ1) is 18.2. The van der Waals surface area contributed by atoms with Crippen molar-refractivity contribution in [3.05, 3.63) is 24.5 Å². The second-order valence-electron chi connectivity index (χ2n) is 6.74. The van der Waals surface area contributed by atoms with Crippen LogP contribution in [-0.4, -0.2) is 70.0 Å². The fourth-order valence-electron chi connectivity index (χ4n) is 3.83. The second kappa shape index (κ2) is 7.72. The van der Waals surface area contributed by atoms with Crippen LogP contribution >= 0.6 is 0 Å². The molecule has 1 unspecified atom stereocenters. The summed E-state index contributed by atoms with van der Waals surface area (Å²) in [5, 5.41) is 9.04. The molecule has 0 radical (unpaired) electrons.